The Labute approximate surface area is 224 Å². The zero-order chi connectivity index (χ0) is 28.2. The largest absolute Gasteiger partial charge is 0.480 e. The van der Waals surface area contributed by atoms with Gasteiger partial charge in [0.05, 0.1) is 19.5 Å². The first-order valence-corrected chi connectivity index (χ1v) is 11.9. The van der Waals surface area contributed by atoms with E-state index in [4.69, 9.17) is 4.74 Å². The molecule has 2 aromatic carbocycles. The van der Waals surface area contributed by atoms with Gasteiger partial charge in [-0.1, -0.05) is 30.0 Å². The van der Waals surface area contributed by atoms with Crippen molar-refractivity contribution in [1.29, 1.82) is 0 Å². The maximum atomic E-state index is 15.1. The van der Waals surface area contributed by atoms with Crippen LogP contribution in [0, 0.1) is 23.5 Å². The molecule has 2 heterocycles. The van der Waals surface area contributed by atoms with E-state index >= 15 is 8.78 Å². The Morgan fingerprint density at radius 2 is 1.77 bits per heavy atom. The summed E-state index contributed by atoms with van der Waals surface area (Å²) in [6, 6.07) is 10.2. The summed E-state index contributed by atoms with van der Waals surface area (Å²) in [5.74, 6) is 3.41. The third-order valence-corrected chi connectivity index (χ3v) is 6.42. The molecule has 200 valence electrons. The quantitative estimate of drug-likeness (QED) is 0.369. The number of piperazine rings is 1. The molecule has 3 amide bonds. The summed E-state index contributed by atoms with van der Waals surface area (Å²) in [7, 11) is 2.63. The van der Waals surface area contributed by atoms with Crippen LogP contribution in [0.1, 0.15) is 24.5 Å². The highest BCUT2D eigenvalue weighted by Gasteiger charge is 2.49. The van der Waals surface area contributed by atoms with Crippen LogP contribution in [0.5, 0.6) is 5.88 Å². The summed E-state index contributed by atoms with van der Waals surface area (Å²) < 4.78 is 35.2. The van der Waals surface area contributed by atoms with E-state index in [1.165, 1.54) is 38.4 Å². The molecule has 0 saturated carbocycles. The number of hydrogen-bond donors (Lipinski definition) is 0. The number of nitrogens with zero attached hydrogens (tertiary/aromatic N) is 5. The molecule has 9 nitrogen and oxygen atoms in total. The van der Waals surface area contributed by atoms with Crippen LogP contribution in [0.15, 0.2) is 54.9 Å². The van der Waals surface area contributed by atoms with Crippen molar-refractivity contribution in [2.45, 2.75) is 18.9 Å². The highest BCUT2D eigenvalue weighted by molar-refractivity contribution is 6.05. The molecular weight excluding hydrogens is 508 g/mol. The van der Waals surface area contributed by atoms with E-state index < -0.39 is 34.8 Å². The average molecular weight is 534 g/mol. The molecule has 1 aliphatic rings. The predicted octanol–water partition coefficient (Wildman–Crippen LogP) is 3.42. The first-order valence-electron chi connectivity index (χ1n) is 11.9. The first kappa shape index (κ1) is 27.2. The molecule has 1 saturated heterocycles. The number of urea groups is 1. The lowest BCUT2D eigenvalue weighted by Gasteiger charge is -2.47. The maximum Gasteiger partial charge on any atom is 0.325 e. The number of methoxy groups -OCH3 is 1. The van der Waals surface area contributed by atoms with E-state index in [1.807, 2.05) is 6.07 Å². The zero-order valence-electron chi connectivity index (χ0n) is 21.5. The minimum Gasteiger partial charge on any atom is -0.480 e. The standard InChI is InChI=1S/C28H25F2N5O4/c1-28(11-14-36)26(37)34(23-17-32-24(39-3)18-31-23)12-13-35(28)27(38)33(2)25-21(29)15-20(16-22(25)30)10-9-19-7-5-4-6-8-19/h4-8,14-18H,11-13H2,1-3H3. The Morgan fingerprint density at radius 3 is 2.36 bits per heavy atom. The third kappa shape index (κ3) is 5.40. The number of ether oxygens (including phenoxy) is 1. The van der Waals surface area contributed by atoms with Crippen LogP contribution in [0.3, 0.4) is 0 Å². The lowest BCUT2D eigenvalue weighted by molar-refractivity contribution is -0.133. The number of hydrogen-bond acceptors (Lipinski definition) is 6. The Bertz CT molecular complexity index is 1430. The normalized spacial score (nSPS) is 16.8. The van der Waals surface area contributed by atoms with Gasteiger partial charge < -0.3 is 14.4 Å². The number of amides is 3. The van der Waals surface area contributed by atoms with E-state index in [1.54, 1.807) is 24.3 Å². The molecule has 1 aliphatic heterocycles. The molecule has 0 bridgehead atoms. The monoisotopic (exact) mass is 533 g/mol. The van der Waals surface area contributed by atoms with Crippen molar-refractivity contribution in [3.63, 3.8) is 0 Å². The van der Waals surface area contributed by atoms with Gasteiger partial charge in [0.15, 0.2) is 17.5 Å². The number of halogens is 2. The van der Waals surface area contributed by atoms with Crippen molar-refractivity contribution in [2.75, 3.05) is 37.0 Å². The molecule has 0 radical (unpaired) electrons. The van der Waals surface area contributed by atoms with Crippen molar-refractivity contribution in [3.05, 3.63) is 77.6 Å². The van der Waals surface area contributed by atoms with E-state index in [2.05, 4.69) is 21.8 Å². The van der Waals surface area contributed by atoms with E-state index in [0.717, 1.165) is 21.9 Å². The molecule has 1 fully saturated rings. The smallest absolute Gasteiger partial charge is 0.325 e. The highest BCUT2D eigenvalue weighted by atomic mass is 19.1. The topological polar surface area (TPSA) is 95.9 Å². The number of carbonyl (C=O) groups is 3. The maximum absolute atomic E-state index is 15.1. The van der Waals surface area contributed by atoms with Crippen molar-refractivity contribution in [2.24, 2.45) is 0 Å². The second-order valence-electron chi connectivity index (χ2n) is 8.92. The Hall–Kier alpha value is -4.85. The van der Waals surface area contributed by atoms with Gasteiger partial charge in [0.25, 0.3) is 5.91 Å². The molecule has 1 aromatic heterocycles. The van der Waals surface area contributed by atoms with Gasteiger partial charge in [-0.15, -0.1) is 0 Å². The second kappa shape index (κ2) is 11.3. The molecule has 0 spiro atoms. The Balaban J connectivity index is 1.60. The molecule has 0 N–H and O–H groups in total. The van der Waals surface area contributed by atoms with Crippen LogP contribution in [0.4, 0.5) is 25.1 Å². The van der Waals surface area contributed by atoms with Crippen molar-refractivity contribution >= 4 is 29.7 Å². The Kier molecular flexibility index (Phi) is 7.85. The fourth-order valence-corrected chi connectivity index (χ4v) is 4.29. The van der Waals surface area contributed by atoms with Gasteiger partial charge in [-0.25, -0.2) is 23.5 Å². The molecule has 1 atom stereocenters. The lowest BCUT2D eigenvalue weighted by atomic mass is 9.91. The van der Waals surface area contributed by atoms with Gasteiger partial charge in [-0.2, -0.15) is 0 Å². The molecule has 1 unspecified atom stereocenters. The van der Waals surface area contributed by atoms with Crippen LogP contribution >= 0.6 is 0 Å². The van der Waals surface area contributed by atoms with Gasteiger partial charge in [-0.3, -0.25) is 14.6 Å². The van der Waals surface area contributed by atoms with Crippen molar-refractivity contribution < 1.29 is 27.9 Å². The third-order valence-electron chi connectivity index (χ3n) is 6.42. The van der Waals surface area contributed by atoms with Gasteiger partial charge in [0.1, 0.15) is 17.5 Å². The summed E-state index contributed by atoms with van der Waals surface area (Å²) in [6.45, 7) is 1.41. The number of aromatic nitrogens is 2. The number of aldehydes is 1. The average Bonchev–Trinajstić information content (AvgIpc) is 2.93. The zero-order valence-corrected chi connectivity index (χ0v) is 21.5. The van der Waals surface area contributed by atoms with Gasteiger partial charge in [-0.05, 0) is 31.2 Å². The predicted molar refractivity (Wildman–Crippen MR) is 139 cm³/mol. The molecule has 11 heteroatoms. The van der Waals surface area contributed by atoms with Crippen LogP contribution in [0.2, 0.25) is 0 Å². The van der Waals surface area contributed by atoms with Crippen LogP contribution in [0.25, 0.3) is 0 Å². The van der Waals surface area contributed by atoms with Gasteiger partial charge in [0, 0.05) is 37.7 Å². The Morgan fingerprint density at radius 1 is 1.10 bits per heavy atom. The minimum atomic E-state index is -1.64. The number of anilines is 2. The van der Waals surface area contributed by atoms with Crippen LogP contribution < -0.4 is 14.5 Å². The fourth-order valence-electron chi connectivity index (χ4n) is 4.29. The molecule has 4 rings (SSSR count). The number of benzene rings is 2. The number of rotatable bonds is 5. The second-order valence-corrected chi connectivity index (χ2v) is 8.92. The minimum absolute atomic E-state index is 0.0207. The highest BCUT2D eigenvalue weighted by Crippen LogP contribution is 2.32. The summed E-state index contributed by atoms with van der Waals surface area (Å²) >= 11 is 0. The molecule has 39 heavy (non-hydrogen) atoms. The van der Waals surface area contributed by atoms with Gasteiger partial charge >= 0.3 is 6.03 Å². The van der Waals surface area contributed by atoms with E-state index in [-0.39, 0.29) is 36.8 Å². The van der Waals surface area contributed by atoms with Crippen LogP contribution in [-0.2, 0) is 9.59 Å². The number of carbonyl (C=O) groups excluding carboxylic acids is 3. The van der Waals surface area contributed by atoms with Crippen molar-refractivity contribution in [3.8, 4) is 17.7 Å². The van der Waals surface area contributed by atoms with E-state index in [0.29, 0.717) is 11.8 Å². The SMILES string of the molecule is COc1cnc(N2CCN(C(=O)N(C)c3c(F)cc(C#Cc4ccccc4)cc3F)C(C)(CC=O)C2=O)cn1. The summed E-state index contributed by atoms with van der Waals surface area (Å²) in [4.78, 5) is 50.1. The summed E-state index contributed by atoms with van der Waals surface area (Å²) in [5.41, 5.74) is -1.47. The van der Waals surface area contributed by atoms with Crippen LogP contribution in [-0.4, -0.2) is 65.9 Å². The molecule has 0 aliphatic carbocycles. The molecule has 3 aromatic rings. The fraction of sp³-hybridized carbons (Fsp3) is 0.250. The first-order chi connectivity index (χ1) is 18.7. The molecular formula is C28H25F2N5O4. The lowest BCUT2D eigenvalue weighted by Crippen LogP contribution is -2.68. The summed E-state index contributed by atoms with van der Waals surface area (Å²) in [5, 5.41) is 0. The van der Waals surface area contributed by atoms with Gasteiger partial charge in [0.2, 0.25) is 5.88 Å². The summed E-state index contributed by atoms with van der Waals surface area (Å²) in [6.07, 6.45) is 2.85. The van der Waals surface area contributed by atoms with Crippen molar-refractivity contribution in [1.82, 2.24) is 14.9 Å². The van der Waals surface area contributed by atoms with E-state index in [9.17, 15) is 14.4 Å².